The average Bonchev–Trinajstić information content (AvgIpc) is 3.46. The number of nitrogens with zero attached hydrogens (tertiary/aromatic N) is 3. The third-order valence-electron chi connectivity index (χ3n) is 7.80. The van der Waals surface area contributed by atoms with Crippen molar-refractivity contribution in [3.8, 4) is 0 Å². The number of hydrogen-bond acceptors (Lipinski definition) is 3. The van der Waals surface area contributed by atoms with Gasteiger partial charge in [0.05, 0.1) is 6.04 Å². The number of hydrogen-bond donors (Lipinski definition) is 1. The summed E-state index contributed by atoms with van der Waals surface area (Å²) in [4.78, 5) is 20.6. The SMILES string of the molecule is O=C(C1CCCCCCCC1)N1CCC[C@H]1c1nc(C2CCCCCCCC2)n[nH]1. The number of H-pyrrole nitrogens is 1. The van der Waals surface area contributed by atoms with Gasteiger partial charge in [-0.2, -0.15) is 5.10 Å². The van der Waals surface area contributed by atoms with Crippen LogP contribution in [0.5, 0.6) is 0 Å². The molecule has 30 heavy (non-hydrogen) atoms. The van der Waals surface area contributed by atoms with Gasteiger partial charge in [0.25, 0.3) is 0 Å². The fourth-order valence-electron chi connectivity index (χ4n) is 5.94. The van der Waals surface area contributed by atoms with E-state index in [1.54, 1.807) is 0 Å². The lowest BCUT2D eigenvalue weighted by Gasteiger charge is -2.27. The van der Waals surface area contributed by atoms with E-state index >= 15 is 0 Å². The van der Waals surface area contributed by atoms with E-state index in [4.69, 9.17) is 4.98 Å². The summed E-state index contributed by atoms with van der Waals surface area (Å²) in [5, 5.41) is 7.92. The fraction of sp³-hybridized carbons (Fsp3) is 0.880. The summed E-state index contributed by atoms with van der Waals surface area (Å²) in [5.74, 6) is 3.06. The van der Waals surface area contributed by atoms with E-state index < -0.39 is 0 Å². The van der Waals surface area contributed by atoms with Crippen LogP contribution in [0.25, 0.3) is 0 Å². The molecule has 2 aliphatic carbocycles. The van der Waals surface area contributed by atoms with Crippen molar-refractivity contribution < 1.29 is 4.79 Å². The first-order chi connectivity index (χ1) is 14.8. The number of amides is 1. The molecule has 0 radical (unpaired) electrons. The van der Waals surface area contributed by atoms with Crippen molar-refractivity contribution in [2.45, 2.75) is 128 Å². The maximum absolute atomic E-state index is 13.5. The predicted molar refractivity (Wildman–Crippen MR) is 120 cm³/mol. The first-order valence-electron chi connectivity index (χ1n) is 13.1. The second-order valence-corrected chi connectivity index (χ2v) is 10.1. The zero-order valence-corrected chi connectivity index (χ0v) is 18.9. The molecule has 168 valence electrons. The summed E-state index contributed by atoms with van der Waals surface area (Å²) < 4.78 is 0. The van der Waals surface area contributed by atoms with Crippen molar-refractivity contribution in [3.05, 3.63) is 11.6 Å². The zero-order valence-electron chi connectivity index (χ0n) is 18.9. The Morgan fingerprint density at radius 3 is 1.93 bits per heavy atom. The molecule has 2 saturated carbocycles. The molecule has 1 atom stereocenters. The lowest BCUT2D eigenvalue weighted by Crippen LogP contribution is -2.36. The topological polar surface area (TPSA) is 61.9 Å². The highest BCUT2D eigenvalue weighted by Crippen LogP contribution is 2.35. The molecule has 1 aromatic rings. The number of aromatic amines is 1. The van der Waals surface area contributed by atoms with Crippen molar-refractivity contribution in [2.75, 3.05) is 6.54 Å². The Hall–Kier alpha value is -1.39. The molecule has 3 aliphatic rings. The fourth-order valence-corrected chi connectivity index (χ4v) is 5.94. The lowest BCUT2D eigenvalue weighted by atomic mass is 9.95. The van der Waals surface area contributed by atoms with E-state index in [2.05, 4.69) is 15.1 Å². The van der Waals surface area contributed by atoms with Gasteiger partial charge in [-0.25, -0.2) is 4.98 Å². The Labute approximate surface area is 182 Å². The van der Waals surface area contributed by atoms with E-state index in [1.807, 2.05) is 0 Å². The summed E-state index contributed by atoms with van der Waals surface area (Å²) >= 11 is 0. The summed E-state index contributed by atoms with van der Waals surface area (Å²) in [6.45, 7) is 0.888. The first-order valence-corrected chi connectivity index (χ1v) is 13.1. The van der Waals surface area contributed by atoms with Crippen LogP contribution in [-0.2, 0) is 4.79 Å². The Morgan fingerprint density at radius 2 is 1.30 bits per heavy atom. The van der Waals surface area contributed by atoms with Crippen LogP contribution >= 0.6 is 0 Å². The summed E-state index contributed by atoms with van der Waals surface area (Å²) in [6.07, 6.45) is 22.4. The van der Waals surface area contributed by atoms with Crippen LogP contribution in [0.1, 0.15) is 139 Å². The van der Waals surface area contributed by atoms with Gasteiger partial charge >= 0.3 is 0 Å². The van der Waals surface area contributed by atoms with Gasteiger partial charge in [0.1, 0.15) is 5.82 Å². The Kier molecular flexibility index (Phi) is 8.22. The van der Waals surface area contributed by atoms with Crippen molar-refractivity contribution in [1.82, 2.24) is 20.1 Å². The van der Waals surface area contributed by atoms with Gasteiger partial charge in [-0.15, -0.1) is 0 Å². The molecule has 0 aromatic carbocycles. The van der Waals surface area contributed by atoms with Crippen LogP contribution in [0, 0.1) is 5.92 Å². The van der Waals surface area contributed by atoms with Crippen molar-refractivity contribution >= 4 is 5.91 Å². The van der Waals surface area contributed by atoms with Crippen molar-refractivity contribution in [3.63, 3.8) is 0 Å². The number of likely N-dealkylation sites (tertiary alicyclic amines) is 1. The molecule has 5 nitrogen and oxygen atoms in total. The zero-order chi connectivity index (χ0) is 20.6. The number of aromatic nitrogens is 3. The van der Waals surface area contributed by atoms with Crippen LogP contribution in [0.2, 0.25) is 0 Å². The van der Waals surface area contributed by atoms with Gasteiger partial charge in [0.2, 0.25) is 5.91 Å². The molecule has 5 heteroatoms. The van der Waals surface area contributed by atoms with Crippen LogP contribution in [0.15, 0.2) is 0 Å². The van der Waals surface area contributed by atoms with Gasteiger partial charge in [-0.05, 0) is 38.5 Å². The van der Waals surface area contributed by atoms with Crippen LogP contribution in [-0.4, -0.2) is 32.5 Å². The van der Waals surface area contributed by atoms with Gasteiger partial charge in [-0.3, -0.25) is 9.89 Å². The van der Waals surface area contributed by atoms with E-state index in [0.717, 1.165) is 43.9 Å². The largest absolute Gasteiger partial charge is 0.332 e. The van der Waals surface area contributed by atoms with Crippen LogP contribution in [0.4, 0.5) is 0 Å². The smallest absolute Gasteiger partial charge is 0.226 e. The van der Waals surface area contributed by atoms with Gasteiger partial charge < -0.3 is 4.90 Å². The highest BCUT2D eigenvalue weighted by Gasteiger charge is 2.36. The Morgan fingerprint density at radius 1 is 0.733 bits per heavy atom. The maximum atomic E-state index is 13.5. The molecular weight excluding hydrogens is 372 g/mol. The van der Waals surface area contributed by atoms with Gasteiger partial charge in [0.15, 0.2) is 5.82 Å². The molecule has 0 spiro atoms. The summed E-state index contributed by atoms with van der Waals surface area (Å²) in [5.41, 5.74) is 0. The molecule has 2 heterocycles. The normalized spacial score (nSPS) is 26.3. The van der Waals surface area contributed by atoms with E-state index in [1.165, 1.54) is 89.9 Å². The number of rotatable bonds is 3. The highest BCUT2D eigenvalue weighted by molar-refractivity contribution is 5.79. The van der Waals surface area contributed by atoms with Gasteiger partial charge in [0, 0.05) is 18.4 Å². The number of nitrogens with one attached hydrogen (secondary N) is 1. The molecular formula is C25H42N4O. The maximum Gasteiger partial charge on any atom is 0.226 e. The van der Waals surface area contributed by atoms with Crippen LogP contribution < -0.4 is 0 Å². The monoisotopic (exact) mass is 414 g/mol. The average molecular weight is 415 g/mol. The number of carbonyl (C=O) groups excluding carboxylic acids is 1. The second-order valence-electron chi connectivity index (χ2n) is 10.1. The van der Waals surface area contributed by atoms with E-state index in [-0.39, 0.29) is 12.0 Å². The van der Waals surface area contributed by atoms with Gasteiger partial charge in [-0.1, -0.05) is 77.0 Å². The first kappa shape index (κ1) is 21.8. The minimum Gasteiger partial charge on any atom is -0.332 e. The van der Waals surface area contributed by atoms with Crippen LogP contribution in [0.3, 0.4) is 0 Å². The summed E-state index contributed by atoms with van der Waals surface area (Å²) in [6, 6.07) is 0.114. The summed E-state index contributed by atoms with van der Waals surface area (Å²) in [7, 11) is 0. The molecule has 0 unspecified atom stereocenters. The third-order valence-corrected chi connectivity index (χ3v) is 7.80. The molecule has 1 saturated heterocycles. The predicted octanol–water partition coefficient (Wildman–Crippen LogP) is 6.44. The molecule has 1 N–H and O–H groups in total. The highest BCUT2D eigenvalue weighted by atomic mass is 16.2. The van der Waals surface area contributed by atoms with E-state index in [9.17, 15) is 4.79 Å². The van der Waals surface area contributed by atoms with E-state index in [0.29, 0.717) is 11.8 Å². The molecule has 4 rings (SSSR count). The quantitative estimate of drug-likeness (QED) is 0.619. The number of carbonyl (C=O) groups is 1. The second kappa shape index (κ2) is 11.3. The minimum atomic E-state index is 0.114. The molecule has 1 aromatic heterocycles. The molecule has 3 fully saturated rings. The molecule has 1 amide bonds. The third kappa shape index (κ3) is 5.64. The van der Waals surface area contributed by atoms with Crippen molar-refractivity contribution in [2.24, 2.45) is 5.92 Å². The molecule has 0 bridgehead atoms. The standard InChI is InChI=1S/C25H42N4O/c30-25(21-16-11-7-3-4-8-12-17-21)29-19-13-18-22(29)24-26-23(27-28-24)20-14-9-5-1-2-6-10-15-20/h20-22H,1-19H2,(H,26,27,28)/t22-/m0/s1. The Balaban J connectivity index is 1.42. The lowest BCUT2D eigenvalue weighted by molar-refractivity contribution is -0.137. The molecule has 1 aliphatic heterocycles. The van der Waals surface area contributed by atoms with Crippen molar-refractivity contribution in [1.29, 1.82) is 0 Å². The minimum absolute atomic E-state index is 0.114. The Bertz CT molecular complexity index is 637.